The molecule has 11 heteroatoms. The zero-order chi connectivity index (χ0) is 25.9. The molecule has 0 heterocycles. The molecule has 0 atom stereocenters. The first-order valence-electron chi connectivity index (χ1n) is 10.2. The number of rotatable bonds is 7. The number of aliphatic imine (C=N–C) groups is 1. The molecule has 0 spiro atoms. The number of azo groups is 1. The Labute approximate surface area is 215 Å². The summed E-state index contributed by atoms with van der Waals surface area (Å²) in [6, 6.07) is 21.5. The fourth-order valence-corrected chi connectivity index (χ4v) is 3.03. The first kappa shape index (κ1) is 25.6. The van der Waals surface area contributed by atoms with Crippen LogP contribution in [-0.2, 0) is 0 Å². The molecule has 0 aliphatic carbocycles. The van der Waals surface area contributed by atoms with E-state index >= 15 is 0 Å². The summed E-state index contributed by atoms with van der Waals surface area (Å²) in [7, 11) is 1.37. The zero-order valence-electron chi connectivity index (χ0n) is 18.8. The van der Waals surface area contributed by atoms with Crippen LogP contribution in [0.2, 0.25) is 0 Å². The minimum Gasteiger partial charge on any atom is -0.504 e. The van der Waals surface area contributed by atoms with Crippen molar-refractivity contribution in [2.45, 2.75) is 0 Å². The topological polar surface area (TPSA) is 155 Å². The molecule has 0 saturated heterocycles. The van der Waals surface area contributed by atoms with Gasteiger partial charge in [0.15, 0.2) is 22.9 Å². The maximum atomic E-state index is 12.2. The Morgan fingerprint density at radius 2 is 1.72 bits per heavy atom. The smallest absolute Gasteiger partial charge is 0.324 e. The molecular weight excluding hydrogens is 526 g/mol. The summed E-state index contributed by atoms with van der Waals surface area (Å²) in [6.07, 6.45) is 1.16. The van der Waals surface area contributed by atoms with Crippen LogP contribution in [0.1, 0.15) is 5.56 Å². The van der Waals surface area contributed by atoms with Crippen molar-refractivity contribution in [1.82, 2.24) is 5.32 Å². The number of aromatic hydroxyl groups is 1. The summed E-state index contributed by atoms with van der Waals surface area (Å²) in [5.41, 5.74) is 0.852. The molecule has 0 unspecified atom stereocenters. The van der Waals surface area contributed by atoms with E-state index in [1.807, 2.05) is 12.1 Å². The summed E-state index contributed by atoms with van der Waals surface area (Å²) in [5.74, 6) is -0.151. The average Bonchev–Trinajstić information content (AvgIpc) is 2.89. The van der Waals surface area contributed by atoms with Crippen molar-refractivity contribution in [3.8, 4) is 23.6 Å². The van der Waals surface area contributed by atoms with Gasteiger partial charge in [0.25, 0.3) is 0 Å². The maximum absolute atomic E-state index is 12.2. The van der Waals surface area contributed by atoms with Gasteiger partial charge in [-0.15, -0.1) is 0 Å². The van der Waals surface area contributed by atoms with E-state index in [2.05, 4.69) is 41.8 Å². The number of amides is 2. The molecule has 3 N–H and O–H groups in total. The fraction of sp³-hybridized carbons (Fsp3) is 0.0400. The normalized spacial score (nSPS) is 11.4. The van der Waals surface area contributed by atoms with Gasteiger partial charge in [-0.3, -0.25) is 5.32 Å². The number of nitrogens with zero attached hydrogens (tertiary/aromatic N) is 5. The number of halogens is 1. The minimum absolute atomic E-state index is 0.104. The number of benzene rings is 3. The molecule has 10 nitrogen and oxygen atoms in total. The van der Waals surface area contributed by atoms with E-state index in [0.717, 1.165) is 10.7 Å². The lowest BCUT2D eigenvalue weighted by Gasteiger charge is -2.08. The van der Waals surface area contributed by atoms with Gasteiger partial charge in [0.1, 0.15) is 12.1 Å². The first-order chi connectivity index (χ1) is 17.4. The third kappa shape index (κ3) is 7.00. The molecule has 3 aromatic rings. The number of phenolic OH excluding ortho intramolecular Hbond substituents is 1. The second-order valence-electron chi connectivity index (χ2n) is 6.91. The molecule has 3 rings (SSSR count). The number of ether oxygens (including phenoxy) is 1. The van der Waals surface area contributed by atoms with Gasteiger partial charge in [-0.1, -0.05) is 34.1 Å². The highest BCUT2D eigenvalue weighted by Crippen LogP contribution is 2.34. The SMILES string of the molecule is COc1cc(N=Nc2ccc(Br)cc2)cc(C=NC(C#N)=C(C#N)NC(=O)Nc2ccccc2)c1O. The van der Waals surface area contributed by atoms with Crippen LogP contribution in [-0.4, -0.2) is 24.5 Å². The molecule has 178 valence electrons. The average molecular weight is 544 g/mol. The standard InChI is InChI=1S/C25H18BrN7O3/c1-36-23-12-20(33-32-19-9-7-17(26)8-10-19)11-16(24(23)34)15-29-21(13-27)22(14-28)31-25(35)30-18-5-3-2-4-6-18/h2-12,15,34H,1H3,(H2,30,31,35). The van der Waals surface area contributed by atoms with E-state index in [-0.39, 0.29) is 28.5 Å². The van der Waals surface area contributed by atoms with E-state index in [0.29, 0.717) is 17.1 Å². The number of anilines is 1. The van der Waals surface area contributed by atoms with Crippen molar-refractivity contribution in [3.05, 3.63) is 88.2 Å². The van der Waals surface area contributed by atoms with Crippen LogP contribution in [0.15, 0.2) is 97.8 Å². The highest BCUT2D eigenvalue weighted by atomic mass is 79.9. The van der Waals surface area contributed by atoms with Crippen molar-refractivity contribution in [2.75, 3.05) is 12.4 Å². The van der Waals surface area contributed by atoms with Gasteiger partial charge in [0, 0.05) is 28.0 Å². The van der Waals surface area contributed by atoms with Crippen molar-refractivity contribution in [2.24, 2.45) is 15.2 Å². The number of urea groups is 1. The van der Waals surface area contributed by atoms with Crippen molar-refractivity contribution >= 4 is 45.2 Å². The van der Waals surface area contributed by atoms with Gasteiger partial charge in [-0.25, -0.2) is 9.79 Å². The number of allylic oxidation sites excluding steroid dienone is 2. The second kappa shape index (κ2) is 12.5. The first-order valence-corrected chi connectivity index (χ1v) is 11.0. The monoisotopic (exact) mass is 543 g/mol. The number of carbonyl (C=O) groups excluding carboxylic acids is 1. The van der Waals surface area contributed by atoms with Crippen LogP contribution in [0.5, 0.6) is 11.5 Å². The van der Waals surface area contributed by atoms with E-state index in [1.165, 1.54) is 19.2 Å². The van der Waals surface area contributed by atoms with Crippen LogP contribution in [0.25, 0.3) is 0 Å². The summed E-state index contributed by atoms with van der Waals surface area (Å²) >= 11 is 3.35. The van der Waals surface area contributed by atoms with Crippen LogP contribution < -0.4 is 15.4 Å². The lowest BCUT2D eigenvalue weighted by Crippen LogP contribution is -2.28. The van der Waals surface area contributed by atoms with Crippen LogP contribution in [0, 0.1) is 22.7 Å². The van der Waals surface area contributed by atoms with Gasteiger partial charge >= 0.3 is 6.03 Å². The summed E-state index contributed by atoms with van der Waals surface area (Å²) in [4.78, 5) is 16.2. The lowest BCUT2D eigenvalue weighted by molar-refractivity contribution is 0.254. The van der Waals surface area contributed by atoms with Crippen LogP contribution in [0.4, 0.5) is 21.9 Å². The second-order valence-corrected chi connectivity index (χ2v) is 7.83. The summed E-state index contributed by atoms with van der Waals surface area (Å²) in [5, 5.41) is 42.6. The predicted octanol–water partition coefficient (Wildman–Crippen LogP) is 6.08. The number of nitriles is 2. The number of phenols is 1. The highest BCUT2D eigenvalue weighted by molar-refractivity contribution is 9.10. The number of nitrogens with one attached hydrogen (secondary N) is 2. The Bertz CT molecular complexity index is 1420. The van der Waals surface area contributed by atoms with E-state index in [9.17, 15) is 20.4 Å². The largest absolute Gasteiger partial charge is 0.504 e. The Kier molecular flexibility index (Phi) is 8.87. The van der Waals surface area contributed by atoms with E-state index < -0.39 is 6.03 Å². The van der Waals surface area contributed by atoms with Gasteiger partial charge in [-0.05, 0) is 42.5 Å². The molecule has 2 amide bonds. The Morgan fingerprint density at radius 1 is 1.03 bits per heavy atom. The van der Waals surface area contributed by atoms with Gasteiger partial charge in [-0.2, -0.15) is 20.8 Å². The predicted molar refractivity (Wildman–Crippen MR) is 137 cm³/mol. The summed E-state index contributed by atoms with van der Waals surface area (Å²) in [6.45, 7) is 0. The summed E-state index contributed by atoms with van der Waals surface area (Å²) < 4.78 is 6.09. The zero-order valence-corrected chi connectivity index (χ0v) is 20.4. The number of carbonyl (C=O) groups is 1. The third-order valence-electron chi connectivity index (χ3n) is 4.47. The Balaban J connectivity index is 1.86. The molecule has 36 heavy (non-hydrogen) atoms. The molecule has 0 saturated carbocycles. The molecule has 0 fully saturated rings. The molecule has 0 aliphatic heterocycles. The van der Waals surface area contributed by atoms with E-state index in [1.54, 1.807) is 54.6 Å². The molecule has 3 aromatic carbocycles. The molecule has 0 bridgehead atoms. The third-order valence-corrected chi connectivity index (χ3v) is 5.00. The van der Waals surface area contributed by atoms with Gasteiger partial charge in [0.05, 0.1) is 18.5 Å². The number of hydrogen-bond acceptors (Lipinski definition) is 8. The molecule has 0 radical (unpaired) electrons. The van der Waals surface area contributed by atoms with Crippen molar-refractivity contribution in [1.29, 1.82) is 10.5 Å². The number of methoxy groups -OCH3 is 1. The Morgan fingerprint density at radius 3 is 2.36 bits per heavy atom. The van der Waals surface area contributed by atoms with Crippen LogP contribution >= 0.6 is 15.9 Å². The number of hydrogen-bond donors (Lipinski definition) is 3. The lowest BCUT2D eigenvalue weighted by atomic mass is 10.1. The van der Waals surface area contributed by atoms with Crippen molar-refractivity contribution < 1.29 is 14.6 Å². The molecular formula is C25H18BrN7O3. The number of para-hydroxylation sites is 1. The Hall–Kier alpha value is -5.00. The van der Waals surface area contributed by atoms with Gasteiger partial charge in [0.2, 0.25) is 0 Å². The van der Waals surface area contributed by atoms with Gasteiger partial charge < -0.3 is 15.2 Å². The quantitative estimate of drug-likeness (QED) is 0.187. The highest BCUT2D eigenvalue weighted by Gasteiger charge is 2.12. The molecule has 0 aromatic heterocycles. The van der Waals surface area contributed by atoms with Crippen molar-refractivity contribution in [3.63, 3.8) is 0 Å². The van der Waals surface area contributed by atoms with Crippen LogP contribution in [0.3, 0.4) is 0 Å². The fourth-order valence-electron chi connectivity index (χ4n) is 2.77. The molecule has 0 aliphatic rings. The minimum atomic E-state index is -0.722. The van der Waals surface area contributed by atoms with E-state index in [4.69, 9.17) is 4.74 Å². The maximum Gasteiger partial charge on any atom is 0.324 e.